The summed E-state index contributed by atoms with van der Waals surface area (Å²) in [6, 6.07) is 0. The van der Waals surface area contributed by atoms with E-state index in [1.807, 2.05) is 0 Å². The molecule has 1 N–H and O–H groups in total. The van der Waals surface area contributed by atoms with Crippen molar-refractivity contribution >= 4 is 7.82 Å². The Morgan fingerprint density at radius 3 is 1.40 bits per heavy atom. The summed E-state index contributed by atoms with van der Waals surface area (Å²) < 4.78 is 46.1. The van der Waals surface area contributed by atoms with Gasteiger partial charge in [-0.05, 0) is 25.7 Å². The van der Waals surface area contributed by atoms with Gasteiger partial charge in [0.1, 0.15) is 6.10 Å². The molecule has 0 rings (SSSR count). The molecule has 0 aliphatic rings. The lowest BCUT2D eigenvalue weighted by atomic mass is 10.0. The van der Waals surface area contributed by atoms with Crippen LogP contribution in [0.2, 0.25) is 0 Å². The molecule has 0 spiro atoms. The Morgan fingerprint density at radius 1 is 0.542 bits per heavy atom. The smallest absolute Gasteiger partial charge is 0.379 e. The van der Waals surface area contributed by atoms with Crippen molar-refractivity contribution in [3.8, 4) is 0 Å². The van der Waals surface area contributed by atoms with E-state index >= 15 is 0 Å². The highest BCUT2D eigenvalue weighted by atomic mass is 31.2. The average molecular weight is 711 g/mol. The third-order valence-corrected chi connectivity index (χ3v) is 9.83. The fourth-order valence-corrected chi connectivity index (χ4v) is 6.49. The second-order valence-corrected chi connectivity index (χ2v) is 16.1. The zero-order chi connectivity index (χ0) is 35.6. The molecule has 0 saturated carbocycles. The normalized spacial score (nSPS) is 14.2. The molecule has 0 fully saturated rings. The van der Waals surface area contributed by atoms with Crippen molar-refractivity contribution in [2.24, 2.45) is 0 Å². The molecule has 0 aromatic heterocycles. The van der Waals surface area contributed by atoms with Crippen molar-refractivity contribution in [3.63, 3.8) is 0 Å². The molecule has 0 aliphatic heterocycles. The van der Waals surface area contributed by atoms with E-state index in [0.29, 0.717) is 6.61 Å². The van der Waals surface area contributed by atoms with Crippen molar-refractivity contribution in [2.45, 2.75) is 173 Å². The molecule has 0 aromatic carbocycles. The van der Waals surface area contributed by atoms with Crippen LogP contribution in [0, 0.1) is 0 Å². The molecule has 2 unspecified atom stereocenters. The van der Waals surface area contributed by atoms with Gasteiger partial charge in [-0.3, -0.25) is 9.05 Å². The van der Waals surface area contributed by atoms with E-state index in [0.717, 1.165) is 36.6 Å². The number of quaternary nitrogens is 1. The second-order valence-electron chi connectivity index (χ2n) is 14.7. The monoisotopic (exact) mass is 711 g/mol. The highest BCUT2D eigenvalue weighted by Gasteiger charge is 2.24. The van der Waals surface area contributed by atoms with Gasteiger partial charge in [0.05, 0.1) is 54.1 Å². The third kappa shape index (κ3) is 35.7. The third-order valence-electron chi connectivity index (χ3n) is 8.84. The molecule has 0 bridgehead atoms. The number of hydrogen-bond donors (Lipinski definition) is 1. The Kier molecular flexibility index (Phi) is 34.0. The lowest BCUT2D eigenvalue weighted by molar-refractivity contribution is -0.870. The molecule has 9 nitrogen and oxygen atoms in total. The van der Waals surface area contributed by atoms with E-state index in [4.69, 9.17) is 28.0 Å². The maximum absolute atomic E-state index is 12.5. The Bertz CT molecular complexity index is 705. The van der Waals surface area contributed by atoms with Gasteiger partial charge in [-0.15, -0.1) is 0 Å². The quantitative estimate of drug-likeness (QED) is 0.0292. The summed E-state index contributed by atoms with van der Waals surface area (Å²) >= 11 is 0. The van der Waals surface area contributed by atoms with E-state index in [-0.39, 0.29) is 26.4 Å². The van der Waals surface area contributed by atoms with Crippen LogP contribution < -0.4 is 0 Å². The maximum Gasteiger partial charge on any atom is 0.472 e. The molecule has 2 atom stereocenters. The topological polar surface area (TPSA) is 92.7 Å². The summed E-state index contributed by atoms with van der Waals surface area (Å²) in [7, 11) is 5.62. The van der Waals surface area contributed by atoms with Crippen LogP contribution in [0.4, 0.5) is 0 Å². The molecular formula is C38H81NO8P+. The number of ether oxygens (including phenoxy) is 4. The first-order valence-corrected chi connectivity index (χ1v) is 21.3. The molecule has 10 heteroatoms. The first-order valence-electron chi connectivity index (χ1n) is 19.8. The largest absolute Gasteiger partial charge is 0.472 e. The van der Waals surface area contributed by atoms with Gasteiger partial charge in [0.25, 0.3) is 0 Å². The standard InChI is InChI=1S/C38H80NO8P/c1-7-8-9-10-11-12-13-14-15-16-17-18-20-23-26-29-32-44-34-37(45-36-38(42-5)43-6)35-47-48(40,41)46-33-30-27-24-21-19-22-25-28-31-39(2,3)4/h37-38H,7-36H2,1-6H3/p+1. The highest BCUT2D eigenvalue weighted by molar-refractivity contribution is 7.47. The van der Waals surface area contributed by atoms with Crippen molar-refractivity contribution < 1.29 is 41.9 Å². The Hall–Kier alpha value is -0.0900. The molecule has 0 heterocycles. The van der Waals surface area contributed by atoms with Gasteiger partial charge in [-0.25, -0.2) is 4.57 Å². The number of methoxy groups -OCH3 is 2. The van der Waals surface area contributed by atoms with E-state index < -0.39 is 20.2 Å². The number of nitrogens with zero attached hydrogens (tertiary/aromatic N) is 1. The van der Waals surface area contributed by atoms with Crippen LogP contribution in [-0.2, 0) is 32.6 Å². The van der Waals surface area contributed by atoms with Gasteiger partial charge in [0.15, 0.2) is 6.29 Å². The fraction of sp³-hybridized carbons (Fsp3) is 1.00. The van der Waals surface area contributed by atoms with Crippen LogP contribution >= 0.6 is 7.82 Å². The van der Waals surface area contributed by atoms with Gasteiger partial charge in [-0.1, -0.05) is 135 Å². The molecule has 0 aliphatic carbocycles. The first kappa shape index (κ1) is 47.9. The SMILES string of the molecule is CCCCCCCCCCCCCCCCCCOCC(COP(=O)(O)OCCCCCCCCCC[N+](C)(C)C)OCC(OC)OC. The lowest BCUT2D eigenvalue weighted by Crippen LogP contribution is -2.35. The van der Waals surface area contributed by atoms with Crippen LogP contribution in [0.25, 0.3) is 0 Å². The van der Waals surface area contributed by atoms with E-state index in [1.165, 1.54) is 129 Å². The van der Waals surface area contributed by atoms with Gasteiger partial charge >= 0.3 is 7.82 Å². The Labute approximate surface area is 297 Å². The lowest BCUT2D eigenvalue weighted by Gasteiger charge is -2.23. The molecule has 0 amide bonds. The van der Waals surface area contributed by atoms with Crippen LogP contribution in [0.15, 0.2) is 0 Å². The van der Waals surface area contributed by atoms with E-state index in [1.54, 1.807) is 14.2 Å². The second kappa shape index (κ2) is 34.0. The summed E-state index contributed by atoms with van der Waals surface area (Å²) in [4.78, 5) is 10.2. The summed E-state index contributed by atoms with van der Waals surface area (Å²) in [5.41, 5.74) is 0. The van der Waals surface area contributed by atoms with Gasteiger partial charge in [-0.2, -0.15) is 0 Å². The highest BCUT2D eigenvalue weighted by Crippen LogP contribution is 2.43. The summed E-state index contributed by atoms with van der Waals surface area (Å²) in [6.45, 7) is 4.64. The Balaban J connectivity index is 3.98. The van der Waals surface area contributed by atoms with E-state index in [2.05, 4.69) is 28.1 Å². The molecule has 48 heavy (non-hydrogen) atoms. The molecule has 0 aromatic rings. The van der Waals surface area contributed by atoms with E-state index in [9.17, 15) is 9.46 Å². The number of unbranched alkanes of at least 4 members (excludes halogenated alkanes) is 22. The van der Waals surface area contributed by atoms with Gasteiger partial charge < -0.3 is 28.3 Å². The zero-order valence-electron chi connectivity index (χ0n) is 32.6. The molecule has 0 saturated heterocycles. The molecule has 290 valence electrons. The van der Waals surface area contributed by atoms with Crippen LogP contribution in [-0.4, -0.2) is 96.7 Å². The van der Waals surface area contributed by atoms with Crippen molar-refractivity contribution in [2.75, 3.05) is 74.9 Å². The fourth-order valence-electron chi connectivity index (χ4n) is 5.70. The average Bonchev–Trinajstić information content (AvgIpc) is 3.05. The zero-order valence-corrected chi connectivity index (χ0v) is 33.5. The van der Waals surface area contributed by atoms with Gasteiger partial charge in [0.2, 0.25) is 0 Å². The summed E-state index contributed by atoms with van der Waals surface area (Å²) in [5, 5.41) is 0. The van der Waals surface area contributed by atoms with Crippen LogP contribution in [0.5, 0.6) is 0 Å². The molecular weight excluding hydrogens is 629 g/mol. The molecule has 0 radical (unpaired) electrons. The number of hydrogen-bond acceptors (Lipinski definition) is 7. The minimum absolute atomic E-state index is 0.110. The van der Waals surface area contributed by atoms with Crippen LogP contribution in [0.3, 0.4) is 0 Å². The van der Waals surface area contributed by atoms with Crippen molar-refractivity contribution in [3.05, 3.63) is 0 Å². The van der Waals surface area contributed by atoms with Gasteiger partial charge in [0, 0.05) is 20.8 Å². The van der Waals surface area contributed by atoms with Crippen LogP contribution in [0.1, 0.15) is 161 Å². The predicted octanol–water partition coefficient (Wildman–Crippen LogP) is 10.2. The number of phosphoric ester groups is 1. The minimum atomic E-state index is -4.17. The number of rotatable bonds is 39. The Morgan fingerprint density at radius 2 is 0.958 bits per heavy atom. The number of phosphoric acid groups is 1. The summed E-state index contributed by atoms with van der Waals surface area (Å²) in [5.74, 6) is 0. The first-order chi connectivity index (χ1) is 23.1. The minimum Gasteiger partial charge on any atom is -0.379 e. The van der Waals surface area contributed by atoms with Crippen molar-refractivity contribution in [1.82, 2.24) is 0 Å². The summed E-state index contributed by atoms with van der Waals surface area (Å²) in [6.07, 6.45) is 29.4. The predicted molar refractivity (Wildman–Crippen MR) is 199 cm³/mol. The van der Waals surface area contributed by atoms with Crippen molar-refractivity contribution in [1.29, 1.82) is 0 Å². The maximum atomic E-state index is 12.5.